The first-order chi connectivity index (χ1) is 7.13. The Bertz CT molecular complexity index is 356. The Hall–Kier alpha value is -0.180. The van der Waals surface area contributed by atoms with Crippen LogP contribution in [-0.4, -0.2) is 40.5 Å². The molecule has 0 radical (unpaired) electrons. The van der Waals surface area contributed by atoms with E-state index in [1.54, 1.807) is 0 Å². The lowest BCUT2D eigenvalue weighted by Gasteiger charge is -2.19. The van der Waals surface area contributed by atoms with Crippen LogP contribution < -0.4 is 0 Å². The summed E-state index contributed by atoms with van der Waals surface area (Å²) in [6, 6.07) is 0. The van der Waals surface area contributed by atoms with Gasteiger partial charge in [0.25, 0.3) is 20.2 Å². The van der Waals surface area contributed by atoms with Crippen molar-refractivity contribution in [3.63, 3.8) is 0 Å². The number of rotatable bonds is 7. The molecule has 98 valence electrons. The minimum atomic E-state index is -3.60. The largest absolute Gasteiger partial charge is 0.267 e. The molecule has 0 amide bonds. The zero-order chi connectivity index (χ0) is 13.0. The molecule has 0 spiro atoms. The van der Waals surface area contributed by atoms with Gasteiger partial charge in [-0.2, -0.15) is 16.8 Å². The van der Waals surface area contributed by atoms with E-state index >= 15 is 0 Å². The molecule has 2 atom stereocenters. The molecule has 0 aliphatic heterocycles. The van der Waals surface area contributed by atoms with Crippen LogP contribution in [0, 0.1) is 0 Å². The topological polar surface area (TPSA) is 86.7 Å². The molecule has 16 heavy (non-hydrogen) atoms. The van der Waals surface area contributed by atoms with Crippen molar-refractivity contribution >= 4 is 20.2 Å². The van der Waals surface area contributed by atoms with Gasteiger partial charge in [0.1, 0.15) is 12.2 Å². The lowest BCUT2D eigenvalue weighted by atomic mass is 10.3. The van der Waals surface area contributed by atoms with Crippen LogP contribution in [0.1, 0.15) is 27.7 Å². The van der Waals surface area contributed by atoms with Gasteiger partial charge in [-0.1, -0.05) is 0 Å². The Labute approximate surface area is 97.2 Å². The monoisotopic (exact) mass is 274 g/mol. The van der Waals surface area contributed by atoms with Crippen molar-refractivity contribution in [1.29, 1.82) is 0 Å². The first kappa shape index (κ1) is 15.8. The van der Waals surface area contributed by atoms with E-state index in [4.69, 9.17) is 8.37 Å². The quantitative estimate of drug-likeness (QED) is 0.628. The van der Waals surface area contributed by atoms with Gasteiger partial charge in [-0.3, -0.25) is 8.37 Å². The van der Waals surface area contributed by atoms with Gasteiger partial charge in [0.05, 0.1) is 11.5 Å². The maximum absolute atomic E-state index is 11.1. The third-order valence-corrected chi connectivity index (χ3v) is 4.57. The fraction of sp³-hybridized carbons (Fsp3) is 1.00. The molecule has 0 saturated carbocycles. The van der Waals surface area contributed by atoms with E-state index < -0.39 is 32.4 Å². The summed E-state index contributed by atoms with van der Waals surface area (Å²) < 4.78 is 53.9. The Morgan fingerprint density at radius 3 is 1.25 bits per heavy atom. The zero-order valence-corrected chi connectivity index (χ0v) is 11.5. The second-order valence-corrected chi connectivity index (χ2v) is 7.07. The van der Waals surface area contributed by atoms with E-state index in [0.717, 1.165) is 0 Å². The number of hydrogen-bond donors (Lipinski definition) is 0. The van der Waals surface area contributed by atoms with E-state index in [1.807, 2.05) is 0 Å². The van der Waals surface area contributed by atoms with Gasteiger partial charge in [-0.05, 0) is 27.7 Å². The normalized spacial score (nSPS) is 17.0. The highest BCUT2D eigenvalue weighted by atomic mass is 32.2. The molecular weight excluding hydrogens is 256 g/mol. The highest BCUT2D eigenvalue weighted by Gasteiger charge is 2.24. The summed E-state index contributed by atoms with van der Waals surface area (Å²) in [7, 11) is -7.20. The molecular formula is C8H18O6S2. The highest BCUT2D eigenvalue weighted by molar-refractivity contribution is 7.87. The average molecular weight is 274 g/mol. The van der Waals surface area contributed by atoms with Crippen LogP contribution in [0.25, 0.3) is 0 Å². The van der Waals surface area contributed by atoms with Crippen LogP contribution in [-0.2, 0) is 28.6 Å². The predicted molar refractivity (Wildman–Crippen MR) is 60.0 cm³/mol. The standard InChI is InChI=1S/C8H18O6S2/c1-5-15(9,10)13-7(3)8(4)14-16(11,12)6-2/h7-8H,5-6H2,1-4H3. The van der Waals surface area contributed by atoms with Gasteiger partial charge >= 0.3 is 0 Å². The molecule has 0 heterocycles. The van der Waals surface area contributed by atoms with Crippen molar-refractivity contribution < 1.29 is 25.2 Å². The molecule has 0 aliphatic carbocycles. The summed E-state index contributed by atoms with van der Waals surface area (Å²) in [6.07, 6.45) is -1.68. The Kier molecular flexibility index (Phi) is 5.88. The molecule has 0 fully saturated rings. The lowest BCUT2D eigenvalue weighted by Crippen LogP contribution is -2.31. The Morgan fingerprint density at radius 2 is 1.06 bits per heavy atom. The average Bonchev–Trinajstić information content (AvgIpc) is 2.16. The molecule has 0 N–H and O–H groups in total. The van der Waals surface area contributed by atoms with E-state index in [1.165, 1.54) is 27.7 Å². The second-order valence-electron chi connectivity index (χ2n) is 3.30. The summed E-state index contributed by atoms with van der Waals surface area (Å²) >= 11 is 0. The van der Waals surface area contributed by atoms with Crippen LogP contribution in [0.2, 0.25) is 0 Å². The van der Waals surface area contributed by atoms with E-state index in [0.29, 0.717) is 0 Å². The predicted octanol–water partition coefficient (Wildman–Crippen LogP) is 0.496. The molecule has 0 saturated heterocycles. The Morgan fingerprint density at radius 1 is 0.812 bits per heavy atom. The summed E-state index contributed by atoms with van der Waals surface area (Å²) in [5.41, 5.74) is 0. The van der Waals surface area contributed by atoms with E-state index in [-0.39, 0.29) is 11.5 Å². The number of hydrogen-bond acceptors (Lipinski definition) is 6. The van der Waals surface area contributed by atoms with E-state index in [2.05, 4.69) is 0 Å². The summed E-state index contributed by atoms with van der Waals surface area (Å²) in [5, 5.41) is 0. The summed E-state index contributed by atoms with van der Waals surface area (Å²) in [6.45, 7) is 5.78. The fourth-order valence-corrected chi connectivity index (χ4v) is 2.27. The fourth-order valence-electron chi connectivity index (χ4n) is 0.755. The maximum atomic E-state index is 11.1. The molecule has 0 aliphatic rings. The van der Waals surface area contributed by atoms with Gasteiger partial charge in [0, 0.05) is 0 Å². The first-order valence-corrected chi connectivity index (χ1v) is 8.11. The third-order valence-electron chi connectivity index (χ3n) is 1.96. The van der Waals surface area contributed by atoms with Gasteiger partial charge in [0.15, 0.2) is 0 Å². The van der Waals surface area contributed by atoms with Gasteiger partial charge < -0.3 is 0 Å². The molecule has 8 heteroatoms. The van der Waals surface area contributed by atoms with Crippen LogP contribution in [0.5, 0.6) is 0 Å². The Balaban J connectivity index is 4.47. The SMILES string of the molecule is CCS(=O)(=O)OC(C)C(C)OS(=O)(=O)CC. The van der Waals surface area contributed by atoms with Crippen molar-refractivity contribution in [3.05, 3.63) is 0 Å². The maximum Gasteiger partial charge on any atom is 0.267 e. The first-order valence-electron chi connectivity index (χ1n) is 4.95. The van der Waals surface area contributed by atoms with Crippen molar-refractivity contribution in [2.45, 2.75) is 39.9 Å². The van der Waals surface area contributed by atoms with Crippen LogP contribution in [0.4, 0.5) is 0 Å². The second kappa shape index (κ2) is 5.95. The van der Waals surface area contributed by atoms with E-state index in [9.17, 15) is 16.8 Å². The van der Waals surface area contributed by atoms with Gasteiger partial charge in [-0.25, -0.2) is 0 Å². The minimum Gasteiger partial charge on any atom is -0.264 e. The van der Waals surface area contributed by atoms with Gasteiger partial charge in [-0.15, -0.1) is 0 Å². The minimum absolute atomic E-state index is 0.162. The lowest BCUT2D eigenvalue weighted by molar-refractivity contribution is 0.0875. The van der Waals surface area contributed by atoms with Crippen molar-refractivity contribution in [3.8, 4) is 0 Å². The van der Waals surface area contributed by atoms with Crippen LogP contribution in [0.15, 0.2) is 0 Å². The molecule has 6 nitrogen and oxygen atoms in total. The molecule has 0 bridgehead atoms. The van der Waals surface area contributed by atoms with Gasteiger partial charge in [0.2, 0.25) is 0 Å². The van der Waals surface area contributed by atoms with Crippen molar-refractivity contribution in [2.75, 3.05) is 11.5 Å². The van der Waals surface area contributed by atoms with Crippen molar-refractivity contribution in [1.82, 2.24) is 0 Å². The molecule has 0 aromatic carbocycles. The summed E-state index contributed by atoms with van der Waals surface area (Å²) in [4.78, 5) is 0. The molecule has 0 aromatic rings. The van der Waals surface area contributed by atoms with Crippen molar-refractivity contribution in [2.24, 2.45) is 0 Å². The summed E-state index contributed by atoms with van der Waals surface area (Å²) in [5.74, 6) is -0.324. The third kappa shape index (κ3) is 5.78. The zero-order valence-electron chi connectivity index (χ0n) is 9.83. The molecule has 0 aromatic heterocycles. The molecule has 2 unspecified atom stereocenters. The molecule has 0 rings (SSSR count). The smallest absolute Gasteiger partial charge is 0.264 e. The van der Waals surface area contributed by atoms with Crippen LogP contribution in [0.3, 0.4) is 0 Å². The van der Waals surface area contributed by atoms with Crippen LogP contribution >= 0.6 is 0 Å². The highest BCUT2D eigenvalue weighted by Crippen LogP contribution is 2.10.